The number of hydrogen-bond acceptors (Lipinski definition) is 7. The highest BCUT2D eigenvalue weighted by atomic mass is 16.5. The van der Waals surface area contributed by atoms with Gasteiger partial charge in [0.1, 0.15) is 5.92 Å². The van der Waals surface area contributed by atoms with Crippen molar-refractivity contribution in [3.05, 3.63) is 65.9 Å². The molecule has 0 spiro atoms. The molecule has 206 valence electrons. The molecule has 1 saturated heterocycles. The summed E-state index contributed by atoms with van der Waals surface area (Å²) in [6, 6.07) is 14.4. The number of ketones is 1. The number of hydrogen-bond donors (Lipinski definition) is 0. The second-order valence-electron chi connectivity index (χ2n) is 9.82. The number of fused-ring (bicyclic) bond motifs is 1. The second kappa shape index (κ2) is 12.7. The van der Waals surface area contributed by atoms with Crippen LogP contribution < -0.4 is 9.47 Å². The van der Waals surface area contributed by atoms with Gasteiger partial charge in [0, 0.05) is 41.9 Å². The smallest absolute Gasteiger partial charge is 0.316 e. The van der Waals surface area contributed by atoms with Crippen molar-refractivity contribution in [1.29, 1.82) is 0 Å². The highest BCUT2D eigenvalue weighted by Gasteiger charge is 2.38. The fourth-order valence-corrected chi connectivity index (χ4v) is 5.53. The molecule has 4 rings (SSSR count). The fraction of sp³-hybridized carbons (Fsp3) is 0.419. The minimum absolute atomic E-state index is 0.0122. The van der Waals surface area contributed by atoms with Gasteiger partial charge < -0.3 is 19.1 Å². The van der Waals surface area contributed by atoms with E-state index < -0.39 is 11.9 Å². The quantitative estimate of drug-likeness (QED) is 0.201. The molecule has 39 heavy (non-hydrogen) atoms. The molecule has 1 aliphatic heterocycles. The average Bonchev–Trinajstić information content (AvgIpc) is 2.98. The number of carbonyl (C=O) groups excluding carboxylic acids is 3. The van der Waals surface area contributed by atoms with Crippen LogP contribution in [0.15, 0.2) is 54.7 Å². The number of benzene rings is 2. The van der Waals surface area contributed by atoms with E-state index in [1.54, 1.807) is 38.4 Å². The summed E-state index contributed by atoms with van der Waals surface area (Å²) < 4.78 is 16.2. The Morgan fingerprint density at radius 3 is 2.38 bits per heavy atom. The molecule has 8 heteroatoms. The molecular formula is C31H36N2O6. The van der Waals surface area contributed by atoms with Gasteiger partial charge in [-0.05, 0) is 55.9 Å². The molecule has 0 radical (unpaired) electrons. The monoisotopic (exact) mass is 532 g/mol. The number of methoxy groups -OCH3 is 2. The van der Waals surface area contributed by atoms with Crippen LogP contribution in [0.2, 0.25) is 0 Å². The van der Waals surface area contributed by atoms with Crippen LogP contribution >= 0.6 is 0 Å². The second-order valence-corrected chi connectivity index (χ2v) is 9.82. The lowest BCUT2D eigenvalue weighted by Crippen LogP contribution is -2.45. The third-order valence-electron chi connectivity index (χ3n) is 7.66. The molecule has 8 nitrogen and oxygen atoms in total. The van der Waals surface area contributed by atoms with Gasteiger partial charge in [-0.15, -0.1) is 0 Å². The summed E-state index contributed by atoms with van der Waals surface area (Å²) in [4.78, 5) is 46.5. The van der Waals surface area contributed by atoms with Gasteiger partial charge in [0.15, 0.2) is 17.3 Å². The zero-order valence-electron chi connectivity index (χ0n) is 23.0. The lowest BCUT2D eigenvalue weighted by molar-refractivity contribution is -0.147. The van der Waals surface area contributed by atoms with Crippen LogP contribution in [0.4, 0.5) is 0 Å². The van der Waals surface area contributed by atoms with Crippen molar-refractivity contribution in [2.75, 3.05) is 33.9 Å². The maximum absolute atomic E-state index is 14.0. The first kappa shape index (κ1) is 28.1. The van der Waals surface area contributed by atoms with E-state index in [2.05, 4.69) is 11.9 Å². The van der Waals surface area contributed by atoms with Crippen LogP contribution in [0.5, 0.6) is 11.5 Å². The molecule has 3 aromatic rings. The zero-order chi connectivity index (χ0) is 27.9. The minimum Gasteiger partial charge on any atom is -0.493 e. The molecule has 0 bridgehead atoms. The molecule has 1 amide bonds. The maximum atomic E-state index is 14.0. The van der Waals surface area contributed by atoms with E-state index >= 15 is 0 Å². The van der Waals surface area contributed by atoms with Crippen molar-refractivity contribution in [2.24, 2.45) is 17.8 Å². The van der Waals surface area contributed by atoms with Gasteiger partial charge >= 0.3 is 5.97 Å². The molecule has 2 aromatic carbocycles. The van der Waals surface area contributed by atoms with E-state index in [0.29, 0.717) is 59.5 Å². The first-order valence-electron chi connectivity index (χ1n) is 13.5. The molecule has 0 N–H and O–H groups in total. The average molecular weight is 533 g/mol. The third-order valence-corrected chi connectivity index (χ3v) is 7.66. The molecule has 1 fully saturated rings. The Balaban J connectivity index is 1.60. The summed E-state index contributed by atoms with van der Waals surface area (Å²) in [6.45, 7) is 5.18. The number of pyridine rings is 1. The summed E-state index contributed by atoms with van der Waals surface area (Å²) in [7, 11) is 3.07. The Kier molecular flexibility index (Phi) is 9.17. The van der Waals surface area contributed by atoms with E-state index in [0.717, 1.165) is 6.42 Å². The topological polar surface area (TPSA) is 95.0 Å². The van der Waals surface area contributed by atoms with Crippen LogP contribution in [0.1, 0.15) is 53.8 Å². The number of ether oxygens (including phenoxy) is 3. The Bertz CT molecular complexity index is 1330. The number of rotatable bonds is 10. The van der Waals surface area contributed by atoms with Gasteiger partial charge in [-0.1, -0.05) is 31.5 Å². The van der Waals surface area contributed by atoms with Gasteiger partial charge in [0.25, 0.3) is 5.91 Å². The SMILES string of the molecule is CCOC(=O)C(C[C@@H]1CCN(C(=O)c2ccccc2)C[C@@H]1CC)C(=O)c1ccnc2cc(OC)c(OC)cc12. The number of carbonyl (C=O) groups is 3. The molecule has 1 aliphatic rings. The molecule has 3 atom stereocenters. The highest BCUT2D eigenvalue weighted by molar-refractivity contribution is 6.15. The minimum atomic E-state index is -0.959. The standard InChI is InChI=1S/C31H36N2O6/c1-5-20-19-33(30(35)21-10-8-7-9-11-21)15-13-22(20)16-25(31(36)39-6-2)29(34)23-12-14-32-26-18-28(38-4)27(37-3)17-24(23)26/h7-12,14,17-18,20,22,25H,5-6,13,15-16,19H2,1-4H3/t20-,22-,25?/m0/s1. The van der Waals surface area contributed by atoms with Crippen LogP contribution in [0.3, 0.4) is 0 Å². The van der Waals surface area contributed by atoms with Crippen molar-refractivity contribution in [1.82, 2.24) is 9.88 Å². The number of aromatic nitrogens is 1. The maximum Gasteiger partial charge on any atom is 0.316 e. The first-order valence-corrected chi connectivity index (χ1v) is 13.5. The number of likely N-dealkylation sites (tertiary alicyclic amines) is 1. The van der Waals surface area contributed by atoms with E-state index in [-0.39, 0.29) is 30.1 Å². The van der Waals surface area contributed by atoms with Crippen LogP contribution in [-0.4, -0.2) is 61.5 Å². The van der Waals surface area contributed by atoms with Crippen LogP contribution in [0, 0.1) is 17.8 Å². The first-order chi connectivity index (χ1) is 18.9. The lowest BCUT2D eigenvalue weighted by Gasteiger charge is -2.39. The molecular weight excluding hydrogens is 496 g/mol. The summed E-state index contributed by atoms with van der Waals surface area (Å²) in [5.41, 5.74) is 1.63. The predicted octanol–water partition coefficient (Wildman–Crippen LogP) is 5.19. The van der Waals surface area contributed by atoms with E-state index in [1.807, 2.05) is 35.2 Å². The summed E-state index contributed by atoms with van der Waals surface area (Å²) in [6.07, 6.45) is 3.47. The highest BCUT2D eigenvalue weighted by Crippen LogP contribution is 2.36. The van der Waals surface area contributed by atoms with Gasteiger partial charge in [-0.25, -0.2) is 0 Å². The number of Topliss-reactive ketones (excluding diaryl/α,β-unsaturated/α-hetero) is 1. The lowest BCUT2D eigenvalue weighted by atomic mass is 9.76. The summed E-state index contributed by atoms with van der Waals surface area (Å²) >= 11 is 0. The Labute approximate surface area is 229 Å². The summed E-state index contributed by atoms with van der Waals surface area (Å²) in [5, 5.41) is 0.588. The zero-order valence-corrected chi connectivity index (χ0v) is 23.0. The van der Waals surface area contributed by atoms with Crippen molar-refractivity contribution in [3.8, 4) is 11.5 Å². The summed E-state index contributed by atoms with van der Waals surface area (Å²) in [5.74, 6) is -0.535. The largest absolute Gasteiger partial charge is 0.493 e. The van der Waals surface area contributed by atoms with E-state index in [1.165, 1.54) is 7.11 Å². The van der Waals surface area contributed by atoms with Gasteiger partial charge in [0.2, 0.25) is 0 Å². The predicted molar refractivity (Wildman–Crippen MR) is 148 cm³/mol. The van der Waals surface area contributed by atoms with Crippen molar-refractivity contribution >= 4 is 28.6 Å². The Morgan fingerprint density at radius 1 is 1.00 bits per heavy atom. The normalized spacial score (nSPS) is 17.9. The Hall–Kier alpha value is -3.94. The van der Waals surface area contributed by atoms with Crippen molar-refractivity contribution < 1.29 is 28.6 Å². The molecule has 0 aliphatic carbocycles. The molecule has 1 aromatic heterocycles. The Morgan fingerprint density at radius 2 is 1.72 bits per heavy atom. The van der Waals surface area contributed by atoms with E-state index in [9.17, 15) is 14.4 Å². The fourth-order valence-electron chi connectivity index (χ4n) is 5.53. The number of esters is 1. The number of nitrogens with zero attached hydrogens (tertiary/aromatic N) is 2. The molecule has 2 heterocycles. The number of amides is 1. The van der Waals surface area contributed by atoms with Crippen molar-refractivity contribution in [3.63, 3.8) is 0 Å². The molecule has 1 unspecified atom stereocenters. The van der Waals surface area contributed by atoms with Gasteiger partial charge in [0.05, 0.1) is 26.3 Å². The van der Waals surface area contributed by atoms with Crippen LogP contribution in [0.25, 0.3) is 10.9 Å². The van der Waals surface area contributed by atoms with Gasteiger partial charge in [-0.3, -0.25) is 19.4 Å². The molecule has 0 saturated carbocycles. The van der Waals surface area contributed by atoms with Crippen LogP contribution in [-0.2, 0) is 9.53 Å². The van der Waals surface area contributed by atoms with E-state index in [4.69, 9.17) is 14.2 Å². The van der Waals surface area contributed by atoms with Gasteiger partial charge in [-0.2, -0.15) is 0 Å². The van der Waals surface area contributed by atoms with Crippen molar-refractivity contribution in [2.45, 2.75) is 33.1 Å². The third kappa shape index (κ3) is 6.05. The number of piperidine rings is 1.